The summed E-state index contributed by atoms with van der Waals surface area (Å²) in [4.78, 5) is 67.2. The third-order valence-electron chi connectivity index (χ3n) is 8.81. The van der Waals surface area contributed by atoms with Crippen molar-refractivity contribution < 1.29 is 38.6 Å². The number of aliphatic hydroxyl groups excluding tert-OH is 1. The van der Waals surface area contributed by atoms with E-state index in [1.807, 2.05) is 41.5 Å². The van der Waals surface area contributed by atoms with E-state index in [2.05, 4.69) is 10.6 Å². The number of benzene rings is 1. The molecular weight excluding hydrogens is 596 g/mol. The van der Waals surface area contributed by atoms with Gasteiger partial charge in [-0.1, -0.05) is 41.5 Å². The average molecular weight is 647 g/mol. The van der Waals surface area contributed by atoms with Crippen molar-refractivity contribution in [3.63, 3.8) is 0 Å². The third-order valence-corrected chi connectivity index (χ3v) is 8.81. The summed E-state index contributed by atoms with van der Waals surface area (Å²) >= 11 is 0. The molecule has 256 valence electrons. The Labute approximate surface area is 270 Å². The van der Waals surface area contributed by atoms with Crippen molar-refractivity contribution in [1.29, 1.82) is 0 Å². The van der Waals surface area contributed by atoms with Crippen LogP contribution in [0.3, 0.4) is 0 Å². The van der Waals surface area contributed by atoms with Crippen molar-refractivity contribution in [2.45, 2.75) is 96.9 Å². The molecule has 2 aliphatic heterocycles. The maximum Gasteiger partial charge on any atom is 0.328 e. The van der Waals surface area contributed by atoms with Gasteiger partial charge in [-0.25, -0.2) is 4.79 Å². The molecule has 0 radical (unpaired) electrons. The smallest absolute Gasteiger partial charge is 0.328 e. The van der Waals surface area contributed by atoms with Gasteiger partial charge in [0.2, 0.25) is 5.91 Å². The van der Waals surface area contributed by atoms with Gasteiger partial charge < -0.3 is 41.6 Å². The second-order valence-electron chi connectivity index (χ2n) is 14.3. The molecule has 0 aromatic heterocycles. The molecule has 0 spiro atoms. The molecule has 7 unspecified atom stereocenters. The van der Waals surface area contributed by atoms with Crippen LogP contribution in [-0.4, -0.2) is 114 Å². The lowest BCUT2D eigenvalue weighted by molar-refractivity contribution is -0.152. The van der Waals surface area contributed by atoms with Gasteiger partial charge in [0, 0.05) is 48.8 Å². The number of carbonyl (C=O) groups excluding carboxylic acids is 5. The maximum absolute atomic E-state index is 13.1. The van der Waals surface area contributed by atoms with Crippen LogP contribution in [0.4, 0.5) is 0 Å². The van der Waals surface area contributed by atoms with Crippen molar-refractivity contribution >= 4 is 29.7 Å². The number of esters is 2. The van der Waals surface area contributed by atoms with Gasteiger partial charge in [0.15, 0.2) is 0 Å². The Bertz CT molecular complexity index is 1290. The number of amides is 3. The second kappa shape index (κ2) is 14.4. The first-order valence-electron chi connectivity index (χ1n) is 15.4. The predicted octanol–water partition coefficient (Wildman–Crippen LogP) is -0.0302. The van der Waals surface area contributed by atoms with Gasteiger partial charge in [-0.15, -0.1) is 0 Å². The largest absolute Gasteiger partial charge is 0.468 e. The van der Waals surface area contributed by atoms with Gasteiger partial charge in [0.1, 0.15) is 18.3 Å². The Hall–Kier alpha value is -3.59. The summed E-state index contributed by atoms with van der Waals surface area (Å²) < 4.78 is 9.83. The Morgan fingerprint density at radius 3 is 1.65 bits per heavy atom. The molecule has 7 atom stereocenters. The minimum atomic E-state index is -1.13. The second-order valence-corrected chi connectivity index (χ2v) is 14.3. The average Bonchev–Trinajstić information content (AvgIpc) is 3.62. The number of ether oxygens (including phenoxy) is 2. The molecule has 7 N–H and O–H groups in total. The van der Waals surface area contributed by atoms with Crippen LogP contribution in [0.1, 0.15) is 75.1 Å². The Morgan fingerprint density at radius 1 is 0.783 bits per heavy atom. The standard InChI is InChI=1S/C32H50N6O8/c1-31(2,3)23(33)27(41)37-15-19(13-21(37)29(43)45-7)35-25(39)17-9-11-18(12-10-17)26(40)36-20-14-22(30(44)46-8)38(16-20)28(42)24(34)32(4,5)6/h9-12,19-24,27,41H,13-16,33-34H2,1-8H3,(H,35,39)(H,36,40). The Kier molecular flexibility index (Phi) is 11.6. The van der Waals surface area contributed by atoms with Gasteiger partial charge >= 0.3 is 11.9 Å². The van der Waals surface area contributed by atoms with Gasteiger partial charge in [-0.05, 0) is 41.5 Å². The Balaban J connectivity index is 1.65. The number of nitrogens with one attached hydrogen (secondary N) is 2. The number of methoxy groups -OCH3 is 2. The van der Waals surface area contributed by atoms with E-state index in [0.717, 1.165) is 0 Å². The van der Waals surface area contributed by atoms with E-state index in [0.29, 0.717) is 0 Å². The fourth-order valence-corrected chi connectivity index (χ4v) is 5.68. The summed E-state index contributed by atoms with van der Waals surface area (Å²) in [6, 6.07) is 1.85. The van der Waals surface area contributed by atoms with Crippen LogP contribution in [0.15, 0.2) is 24.3 Å². The molecule has 14 heteroatoms. The molecule has 14 nitrogen and oxygen atoms in total. The molecule has 2 fully saturated rings. The van der Waals surface area contributed by atoms with Crippen LogP contribution < -0.4 is 22.1 Å². The fourth-order valence-electron chi connectivity index (χ4n) is 5.68. The molecule has 0 saturated carbocycles. The van der Waals surface area contributed by atoms with E-state index in [1.165, 1.54) is 43.4 Å². The first-order valence-corrected chi connectivity index (χ1v) is 15.4. The number of hydrogen-bond donors (Lipinski definition) is 5. The highest BCUT2D eigenvalue weighted by Gasteiger charge is 2.46. The number of aliphatic hydroxyl groups is 1. The maximum atomic E-state index is 13.1. The molecule has 0 bridgehead atoms. The number of carbonyl (C=O) groups is 5. The highest BCUT2D eigenvalue weighted by Crippen LogP contribution is 2.28. The van der Waals surface area contributed by atoms with Crippen LogP contribution in [-0.2, 0) is 23.9 Å². The van der Waals surface area contributed by atoms with E-state index in [9.17, 15) is 29.1 Å². The SMILES string of the molecule is COC(=O)C1CC(NC(=O)c2ccc(C(=O)NC3CC(C(=O)OC)N(C(O)C(N)C(C)(C)C)C3)cc2)CN1C(=O)C(N)C(C)(C)C. The number of likely N-dealkylation sites (tertiary alicyclic amines) is 2. The first-order chi connectivity index (χ1) is 21.3. The van der Waals surface area contributed by atoms with Gasteiger partial charge in [0.05, 0.1) is 20.3 Å². The highest BCUT2D eigenvalue weighted by molar-refractivity contribution is 5.98. The van der Waals surface area contributed by atoms with Crippen molar-refractivity contribution in [3.8, 4) is 0 Å². The van der Waals surface area contributed by atoms with Gasteiger partial charge in [-0.3, -0.25) is 24.1 Å². The summed E-state index contributed by atoms with van der Waals surface area (Å²) in [6.07, 6.45) is -0.741. The quantitative estimate of drug-likeness (QED) is 0.225. The van der Waals surface area contributed by atoms with Crippen LogP contribution >= 0.6 is 0 Å². The zero-order valence-corrected chi connectivity index (χ0v) is 28.0. The summed E-state index contributed by atoms with van der Waals surface area (Å²) in [7, 11) is 2.51. The lowest BCUT2D eigenvalue weighted by atomic mass is 9.86. The number of hydrogen-bond acceptors (Lipinski definition) is 11. The van der Waals surface area contributed by atoms with Crippen LogP contribution in [0, 0.1) is 10.8 Å². The lowest BCUT2D eigenvalue weighted by Crippen LogP contribution is -2.56. The van der Waals surface area contributed by atoms with Crippen molar-refractivity contribution in [2.24, 2.45) is 22.3 Å². The van der Waals surface area contributed by atoms with Crippen LogP contribution in [0.5, 0.6) is 0 Å². The number of nitrogens with two attached hydrogens (primary N) is 2. The van der Waals surface area contributed by atoms with Gasteiger partial charge in [-0.2, -0.15) is 0 Å². The normalized spacial score (nSPS) is 24.1. The Morgan fingerprint density at radius 2 is 1.22 bits per heavy atom. The van der Waals surface area contributed by atoms with Crippen LogP contribution in [0.2, 0.25) is 0 Å². The van der Waals surface area contributed by atoms with Crippen molar-refractivity contribution in [1.82, 2.24) is 20.4 Å². The van der Waals surface area contributed by atoms with Crippen molar-refractivity contribution in [2.75, 3.05) is 27.3 Å². The summed E-state index contributed by atoms with van der Waals surface area (Å²) in [6.45, 7) is 11.4. The molecule has 2 aliphatic rings. The van der Waals surface area contributed by atoms with E-state index >= 15 is 0 Å². The molecule has 1 aromatic rings. The number of rotatable bonds is 9. The highest BCUT2D eigenvalue weighted by atomic mass is 16.5. The zero-order valence-electron chi connectivity index (χ0n) is 28.0. The van der Waals surface area contributed by atoms with Gasteiger partial charge in [0.25, 0.3) is 11.8 Å². The number of nitrogens with zero attached hydrogens (tertiary/aromatic N) is 2. The monoisotopic (exact) mass is 646 g/mol. The minimum Gasteiger partial charge on any atom is -0.468 e. The molecular formula is C32H50N6O8. The van der Waals surface area contributed by atoms with E-state index in [-0.39, 0.29) is 37.1 Å². The van der Waals surface area contributed by atoms with Crippen molar-refractivity contribution in [3.05, 3.63) is 35.4 Å². The fraction of sp³-hybridized carbons (Fsp3) is 0.656. The molecule has 46 heavy (non-hydrogen) atoms. The molecule has 0 aliphatic carbocycles. The zero-order chi connectivity index (χ0) is 34.7. The molecule has 3 amide bonds. The summed E-state index contributed by atoms with van der Waals surface area (Å²) in [5, 5.41) is 16.7. The topological polar surface area (TPSA) is 207 Å². The summed E-state index contributed by atoms with van der Waals surface area (Å²) in [5.74, 6) is -2.37. The molecule has 1 aromatic carbocycles. The third kappa shape index (κ3) is 8.41. The van der Waals surface area contributed by atoms with E-state index in [4.69, 9.17) is 20.9 Å². The lowest BCUT2D eigenvalue weighted by Gasteiger charge is -2.37. The molecule has 3 rings (SSSR count). The minimum absolute atomic E-state index is 0.0922. The molecule has 2 saturated heterocycles. The van der Waals surface area contributed by atoms with E-state index < -0.39 is 83.0 Å². The predicted molar refractivity (Wildman–Crippen MR) is 169 cm³/mol. The van der Waals surface area contributed by atoms with E-state index in [1.54, 1.807) is 4.90 Å². The van der Waals surface area contributed by atoms with Crippen LogP contribution in [0.25, 0.3) is 0 Å². The summed E-state index contributed by atoms with van der Waals surface area (Å²) in [5.41, 5.74) is 12.0. The first kappa shape index (κ1) is 36.9. The molecule has 2 heterocycles.